The van der Waals surface area contributed by atoms with Crippen LogP contribution < -0.4 is 0 Å². The van der Waals surface area contributed by atoms with E-state index in [1.807, 2.05) is 31.2 Å². The fraction of sp³-hybridized carbons (Fsp3) is 0.133. The van der Waals surface area contributed by atoms with Gasteiger partial charge in [0, 0.05) is 0 Å². The molecule has 2 nitrogen and oxygen atoms in total. The molecule has 2 rings (SSSR count). The summed E-state index contributed by atoms with van der Waals surface area (Å²) in [4.78, 5) is 10.9. The van der Waals surface area contributed by atoms with E-state index in [2.05, 4.69) is 0 Å². The van der Waals surface area contributed by atoms with Gasteiger partial charge in [-0.3, -0.25) is 0 Å². The molecule has 0 heterocycles. The topological polar surface area (TPSA) is 37.3 Å². The van der Waals surface area contributed by atoms with Gasteiger partial charge in [-0.1, -0.05) is 31.2 Å². The highest BCUT2D eigenvalue weighted by Gasteiger charge is 2.08. The molecule has 0 aliphatic carbocycles. The SMILES string of the molecule is CCc1cccc(-c2cc(F)cc(C(=O)O)c2)c1. The molecule has 2 aromatic carbocycles. The van der Waals surface area contributed by atoms with Crippen molar-refractivity contribution < 1.29 is 14.3 Å². The molecule has 0 aliphatic rings. The Balaban J connectivity index is 2.52. The van der Waals surface area contributed by atoms with Crippen LogP contribution in [0, 0.1) is 5.82 Å². The van der Waals surface area contributed by atoms with Gasteiger partial charge in [-0.2, -0.15) is 0 Å². The average molecular weight is 244 g/mol. The summed E-state index contributed by atoms with van der Waals surface area (Å²) in [5, 5.41) is 8.91. The fourth-order valence-electron chi connectivity index (χ4n) is 1.85. The predicted octanol–water partition coefficient (Wildman–Crippen LogP) is 3.75. The van der Waals surface area contributed by atoms with Crippen molar-refractivity contribution in [3.63, 3.8) is 0 Å². The number of aromatic carboxylic acids is 1. The second-order valence-electron chi connectivity index (χ2n) is 4.09. The Kier molecular flexibility index (Phi) is 3.42. The molecule has 0 fully saturated rings. The van der Waals surface area contributed by atoms with E-state index in [0.29, 0.717) is 5.56 Å². The van der Waals surface area contributed by atoms with Crippen LogP contribution in [-0.2, 0) is 6.42 Å². The number of benzene rings is 2. The van der Waals surface area contributed by atoms with Gasteiger partial charge in [-0.25, -0.2) is 9.18 Å². The van der Waals surface area contributed by atoms with Crippen LogP contribution in [0.15, 0.2) is 42.5 Å². The Morgan fingerprint density at radius 2 is 1.94 bits per heavy atom. The van der Waals surface area contributed by atoms with Crippen LogP contribution in [0.1, 0.15) is 22.8 Å². The lowest BCUT2D eigenvalue weighted by Gasteiger charge is -2.06. The maximum absolute atomic E-state index is 13.4. The molecular weight excluding hydrogens is 231 g/mol. The van der Waals surface area contributed by atoms with Crippen molar-refractivity contribution in [2.45, 2.75) is 13.3 Å². The van der Waals surface area contributed by atoms with Crippen molar-refractivity contribution >= 4 is 5.97 Å². The fourth-order valence-corrected chi connectivity index (χ4v) is 1.85. The highest BCUT2D eigenvalue weighted by Crippen LogP contribution is 2.23. The maximum atomic E-state index is 13.4. The van der Waals surface area contributed by atoms with Crippen molar-refractivity contribution in [1.29, 1.82) is 0 Å². The van der Waals surface area contributed by atoms with Gasteiger partial charge < -0.3 is 5.11 Å². The Hall–Kier alpha value is -2.16. The summed E-state index contributed by atoms with van der Waals surface area (Å²) in [6, 6.07) is 11.5. The molecular formula is C15H13FO2. The van der Waals surface area contributed by atoms with E-state index in [9.17, 15) is 9.18 Å². The summed E-state index contributed by atoms with van der Waals surface area (Å²) in [6.07, 6.45) is 0.884. The lowest BCUT2D eigenvalue weighted by molar-refractivity contribution is 0.0696. The second kappa shape index (κ2) is 5.00. The molecule has 0 amide bonds. The number of rotatable bonds is 3. The summed E-state index contributed by atoms with van der Waals surface area (Å²) in [6.45, 7) is 2.04. The lowest BCUT2D eigenvalue weighted by Crippen LogP contribution is -1.97. The van der Waals surface area contributed by atoms with E-state index in [-0.39, 0.29) is 5.56 Å². The highest BCUT2D eigenvalue weighted by molar-refractivity contribution is 5.89. The van der Waals surface area contributed by atoms with E-state index in [4.69, 9.17) is 5.11 Å². The van der Waals surface area contributed by atoms with Crippen LogP contribution in [0.5, 0.6) is 0 Å². The zero-order chi connectivity index (χ0) is 13.1. The van der Waals surface area contributed by atoms with Gasteiger partial charge in [-0.05, 0) is 41.3 Å². The first kappa shape index (κ1) is 12.3. The van der Waals surface area contributed by atoms with E-state index in [1.165, 1.54) is 12.1 Å². The first-order chi connectivity index (χ1) is 8.60. The predicted molar refractivity (Wildman–Crippen MR) is 68.2 cm³/mol. The number of carboxylic acids is 1. The van der Waals surface area contributed by atoms with Gasteiger partial charge in [0.2, 0.25) is 0 Å². The largest absolute Gasteiger partial charge is 0.478 e. The number of carbonyl (C=O) groups is 1. The standard InChI is InChI=1S/C15H13FO2/c1-2-10-4-3-5-11(6-10)12-7-13(15(17)18)9-14(16)8-12/h3-9H,2H2,1H3,(H,17,18). The maximum Gasteiger partial charge on any atom is 0.335 e. The minimum absolute atomic E-state index is 0.0353. The van der Waals surface area contributed by atoms with E-state index < -0.39 is 11.8 Å². The quantitative estimate of drug-likeness (QED) is 0.892. The molecule has 0 saturated carbocycles. The number of aryl methyl sites for hydroxylation is 1. The number of hydrogen-bond acceptors (Lipinski definition) is 1. The summed E-state index contributed by atoms with van der Waals surface area (Å²) in [7, 11) is 0. The monoisotopic (exact) mass is 244 g/mol. The van der Waals surface area contributed by atoms with Crippen molar-refractivity contribution in [3.05, 3.63) is 59.4 Å². The number of hydrogen-bond donors (Lipinski definition) is 1. The Bertz CT molecular complexity index is 591. The first-order valence-electron chi connectivity index (χ1n) is 5.73. The van der Waals surface area contributed by atoms with Crippen molar-refractivity contribution in [2.24, 2.45) is 0 Å². The molecule has 0 saturated heterocycles. The average Bonchev–Trinajstić information content (AvgIpc) is 2.38. The third-order valence-electron chi connectivity index (χ3n) is 2.81. The molecule has 0 aliphatic heterocycles. The van der Waals surface area contributed by atoms with E-state index >= 15 is 0 Å². The summed E-state index contributed by atoms with van der Waals surface area (Å²) in [5.74, 6) is -1.66. The molecule has 92 valence electrons. The molecule has 0 radical (unpaired) electrons. The van der Waals surface area contributed by atoms with Gasteiger partial charge in [0.05, 0.1) is 5.56 Å². The minimum Gasteiger partial charge on any atom is -0.478 e. The second-order valence-corrected chi connectivity index (χ2v) is 4.09. The van der Waals surface area contributed by atoms with E-state index in [0.717, 1.165) is 23.6 Å². The molecule has 0 unspecified atom stereocenters. The van der Waals surface area contributed by atoms with Crippen molar-refractivity contribution in [2.75, 3.05) is 0 Å². The highest BCUT2D eigenvalue weighted by atomic mass is 19.1. The molecule has 3 heteroatoms. The van der Waals surface area contributed by atoms with Crippen LogP contribution >= 0.6 is 0 Å². The number of carboxylic acid groups (broad SMARTS) is 1. The Morgan fingerprint density at radius 1 is 1.17 bits per heavy atom. The lowest BCUT2D eigenvalue weighted by atomic mass is 10.00. The van der Waals surface area contributed by atoms with Gasteiger partial charge in [0.1, 0.15) is 5.82 Å². The van der Waals surface area contributed by atoms with Gasteiger partial charge in [-0.15, -0.1) is 0 Å². The van der Waals surface area contributed by atoms with Gasteiger partial charge in [0.15, 0.2) is 0 Å². The molecule has 0 aromatic heterocycles. The Morgan fingerprint density at radius 3 is 2.61 bits per heavy atom. The molecule has 0 atom stereocenters. The molecule has 2 aromatic rings. The summed E-state index contributed by atoms with van der Waals surface area (Å²) >= 11 is 0. The molecule has 0 spiro atoms. The van der Waals surface area contributed by atoms with Crippen LogP contribution in [0.3, 0.4) is 0 Å². The smallest absolute Gasteiger partial charge is 0.335 e. The zero-order valence-electron chi connectivity index (χ0n) is 9.98. The van der Waals surface area contributed by atoms with Crippen LogP contribution in [0.2, 0.25) is 0 Å². The molecule has 0 bridgehead atoms. The number of halogens is 1. The van der Waals surface area contributed by atoms with Crippen LogP contribution in [-0.4, -0.2) is 11.1 Å². The first-order valence-corrected chi connectivity index (χ1v) is 5.73. The zero-order valence-corrected chi connectivity index (χ0v) is 9.98. The van der Waals surface area contributed by atoms with Gasteiger partial charge >= 0.3 is 5.97 Å². The molecule has 1 N–H and O–H groups in total. The van der Waals surface area contributed by atoms with Crippen LogP contribution in [0.4, 0.5) is 4.39 Å². The normalized spacial score (nSPS) is 10.3. The molecule has 18 heavy (non-hydrogen) atoms. The Labute approximate surface area is 105 Å². The third kappa shape index (κ3) is 2.56. The summed E-state index contributed by atoms with van der Waals surface area (Å²) in [5.41, 5.74) is 2.51. The van der Waals surface area contributed by atoms with E-state index in [1.54, 1.807) is 0 Å². The summed E-state index contributed by atoms with van der Waals surface area (Å²) < 4.78 is 13.4. The van der Waals surface area contributed by atoms with Gasteiger partial charge in [0.25, 0.3) is 0 Å². The van der Waals surface area contributed by atoms with Crippen LogP contribution in [0.25, 0.3) is 11.1 Å². The minimum atomic E-state index is -1.12. The third-order valence-corrected chi connectivity index (χ3v) is 2.81. The van der Waals surface area contributed by atoms with Crippen molar-refractivity contribution in [1.82, 2.24) is 0 Å². The van der Waals surface area contributed by atoms with Crippen molar-refractivity contribution in [3.8, 4) is 11.1 Å².